The summed E-state index contributed by atoms with van der Waals surface area (Å²) in [5.74, 6) is -1.61. The van der Waals surface area contributed by atoms with Crippen molar-refractivity contribution in [2.24, 2.45) is 10.6 Å². The van der Waals surface area contributed by atoms with Gasteiger partial charge in [0.05, 0.1) is 12.6 Å². The van der Waals surface area contributed by atoms with Crippen molar-refractivity contribution in [3.8, 4) is 0 Å². The summed E-state index contributed by atoms with van der Waals surface area (Å²) in [7, 11) is 0. The third kappa shape index (κ3) is 3.03. The first-order valence-electron chi connectivity index (χ1n) is 11.9. The molecule has 0 saturated carbocycles. The van der Waals surface area contributed by atoms with Crippen molar-refractivity contribution in [2.45, 2.75) is 70.9 Å². The van der Waals surface area contributed by atoms with Gasteiger partial charge < -0.3 is 19.8 Å². The Labute approximate surface area is 187 Å². The van der Waals surface area contributed by atoms with E-state index in [9.17, 15) is 14.8 Å². The minimum atomic E-state index is -0.831. The first-order chi connectivity index (χ1) is 15.5. The van der Waals surface area contributed by atoms with Crippen LogP contribution in [0, 0.1) is 5.41 Å². The molecule has 8 nitrogen and oxygen atoms in total. The number of nitrogens with zero attached hydrogens (tertiary/aromatic N) is 3. The summed E-state index contributed by atoms with van der Waals surface area (Å²) in [6.45, 7) is 6.22. The number of hydrogen-bond donors (Lipinski definition) is 2. The fraction of sp³-hybridized carbons (Fsp3) is 0.625. The van der Waals surface area contributed by atoms with Crippen molar-refractivity contribution >= 4 is 29.9 Å². The minimum Gasteiger partial charge on any atom is -0.460 e. The van der Waals surface area contributed by atoms with Gasteiger partial charge >= 0.3 is 5.97 Å². The van der Waals surface area contributed by atoms with E-state index in [0.717, 1.165) is 57.0 Å². The molecular weight excluding hydrogens is 408 g/mol. The maximum atomic E-state index is 13.6. The molecule has 1 unspecified atom stereocenters. The van der Waals surface area contributed by atoms with Gasteiger partial charge in [-0.05, 0) is 74.6 Å². The zero-order chi connectivity index (χ0) is 22.5. The van der Waals surface area contributed by atoms with E-state index in [-0.39, 0.29) is 17.9 Å². The summed E-state index contributed by atoms with van der Waals surface area (Å²) >= 11 is 0. The summed E-state index contributed by atoms with van der Waals surface area (Å²) < 4.78 is 7.17. The van der Waals surface area contributed by atoms with Crippen LogP contribution in [0.4, 0.5) is 0 Å². The highest BCUT2D eigenvalue weighted by Gasteiger charge is 2.54. The second-order valence-corrected chi connectivity index (χ2v) is 9.40. The number of amidine groups is 1. The summed E-state index contributed by atoms with van der Waals surface area (Å²) in [6.07, 6.45) is 11.5. The third-order valence-corrected chi connectivity index (χ3v) is 7.98. The quantitative estimate of drug-likeness (QED) is 0.243. The van der Waals surface area contributed by atoms with Crippen molar-refractivity contribution in [3.63, 3.8) is 0 Å². The Bertz CT molecular complexity index is 1100. The van der Waals surface area contributed by atoms with Crippen LogP contribution in [0.25, 0.3) is 12.2 Å². The van der Waals surface area contributed by atoms with Crippen LogP contribution in [0.3, 0.4) is 0 Å². The predicted octanol–water partition coefficient (Wildman–Crippen LogP) is 1.34. The van der Waals surface area contributed by atoms with Gasteiger partial charge in [-0.2, -0.15) is 0 Å². The van der Waals surface area contributed by atoms with Gasteiger partial charge in [0.25, 0.3) is 5.84 Å². The molecule has 4 heterocycles. The largest absolute Gasteiger partial charge is 0.460 e. The van der Waals surface area contributed by atoms with Crippen molar-refractivity contribution in [2.75, 3.05) is 19.7 Å². The highest BCUT2D eigenvalue weighted by Crippen LogP contribution is 2.57. The Balaban J connectivity index is 1.64. The molecule has 8 heteroatoms. The number of esters is 1. The van der Waals surface area contributed by atoms with E-state index in [0.29, 0.717) is 12.5 Å². The average molecular weight is 441 g/mol. The van der Waals surface area contributed by atoms with E-state index < -0.39 is 17.8 Å². The van der Waals surface area contributed by atoms with Gasteiger partial charge in [0.1, 0.15) is 6.04 Å². The lowest BCUT2D eigenvalue weighted by Crippen LogP contribution is -2.56. The fourth-order valence-electron chi connectivity index (χ4n) is 6.65. The number of amides is 1. The zero-order valence-corrected chi connectivity index (χ0v) is 18.9. The number of hydrogen-bond acceptors (Lipinski definition) is 6. The zero-order valence-electron chi connectivity index (χ0n) is 18.9. The Morgan fingerprint density at radius 2 is 2.09 bits per heavy atom. The monoisotopic (exact) mass is 440 g/mol. The molecule has 5 rings (SSSR count). The highest BCUT2D eigenvalue weighted by molar-refractivity contribution is 6.38. The normalized spacial score (nSPS) is 28.6. The van der Waals surface area contributed by atoms with Crippen LogP contribution >= 0.6 is 0 Å². The molecule has 0 radical (unpaired) electrons. The number of aromatic nitrogens is 1. The van der Waals surface area contributed by atoms with E-state index in [1.165, 1.54) is 16.5 Å². The standard InChI is InChI=1S/C24H32N4O4/c1-3-24-11-7-12-27-13-10-16-15-8-5-6-9-17(15)28(19(16)20(24)27)18(14-24)22(29)25-21(26-31)23(30)32-4-2/h8-9,18,20,31H,3-7,10-14H2,1-2H3,(H,25,26,29)/t18?,20-,24+/m1/s1. The number of oxime groups is 1. The van der Waals surface area contributed by atoms with Crippen molar-refractivity contribution in [1.29, 1.82) is 0 Å². The fourth-order valence-corrected chi connectivity index (χ4v) is 6.65. The number of nitrogens with one attached hydrogen (secondary N) is 1. The first kappa shape index (κ1) is 21.2. The SMILES string of the molecule is CCOC(=O)/C(=N/O)NC(=O)C1C[C@]2(CC)CCCN3CCc4c(n1c1c4=CCCC=1)[C@@H]32. The van der Waals surface area contributed by atoms with Gasteiger partial charge in [-0.15, -0.1) is 0 Å². The van der Waals surface area contributed by atoms with Crippen LogP contribution in [0.2, 0.25) is 0 Å². The molecule has 172 valence electrons. The van der Waals surface area contributed by atoms with E-state index >= 15 is 0 Å². The van der Waals surface area contributed by atoms with Gasteiger partial charge in [-0.3, -0.25) is 9.69 Å². The van der Waals surface area contributed by atoms with Gasteiger partial charge in [-0.25, -0.2) is 4.79 Å². The van der Waals surface area contributed by atoms with E-state index in [4.69, 9.17) is 4.74 Å². The van der Waals surface area contributed by atoms with Gasteiger partial charge in [0, 0.05) is 17.6 Å². The maximum Gasteiger partial charge on any atom is 0.377 e. The topological polar surface area (TPSA) is 96.2 Å². The summed E-state index contributed by atoms with van der Waals surface area (Å²) in [5.41, 5.74) is 2.71. The minimum absolute atomic E-state index is 0.0207. The lowest BCUT2D eigenvalue weighted by atomic mass is 9.63. The van der Waals surface area contributed by atoms with Crippen LogP contribution in [0.15, 0.2) is 5.16 Å². The Hall–Kier alpha value is -2.61. The van der Waals surface area contributed by atoms with Crippen LogP contribution < -0.4 is 15.9 Å². The van der Waals surface area contributed by atoms with E-state index in [1.807, 2.05) is 0 Å². The predicted molar refractivity (Wildman–Crippen MR) is 119 cm³/mol. The summed E-state index contributed by atoms with van der Waals surface area (Å²) in [6, 6.07) is -0.131. The molecule has 3 aliphatic heterocycles. The second-order valence-electron chi connectivity index (χ2n) is 9.40. The first-order valence-corrected chi connectivity index (χ1v) is 11.9. The molecule has 0 bridgehead atoms. The van der Waals surface area contributed by atoms with Crippen LogP contribution in [-0.4, -0.2) is 52.1 Å². The molecule has 1 saturated heterocycles. The molecule has 1 aliphatic carbocycles. The number of piperidine rings is 1. The maximum absolute atomic E-state index is 13.6. The van der Waals surface area contributed by atoms with Crippen LogP contribution in [-0.2, 0) is 20.7 Å². The summed E-state index contributed by atoms with van der Waals surface area (Å²) in [5, 5.41) is 17.4. The Morgan fingerprint density at radius 1 is 1.28 bits per heavy atom. The molecular formula is C24H32N4O4. The Morgan fingerprint density at radius 3 is 2.84 bits per heavy atom. The van der Waals surface area contributed by atoms with Gasteiger partial charge in [-0.1, -0.05) is 24.2 Å². The molecule has 1 aromatic heterocycles. The molecule has 3 atom stereocenters. The molecule has 32 heavy (non-hydrogen) atoms. The number of rotatable bonds is 3. The number of carbonyl (C=O) groups is 2. The molecule has 1 amide bonds. The number of fused-ring (bicyclic) bond motifs is 3. The van der Waals surface area contributed by atoms with Crippen molar-refractivity contribution in [1.82, 2.24) is 14.8 Å². The van der Waals surface area contributed by atoms with Crippen LogP contribution in [0.1, 0.15) is 75.7 Å². The van der Waals surface area contributed by atoms with Gasteiger partial charge in [0.15, 0.2) is 0 Å². The smallest absolute Gasteiger partial charge is 0.377 e. The molecule has 0 spiro atoms. The third-order valence-electron chi connectivity index (χ3n) is 7.98. The molecule has 2 N–H and O–H groups in total. The summed E-state index contributed by atoms with van der Waals surface area (Å²) in [4.78, 5) is 28.3. The molecule has 1 aromatic rings. The number of ether oxygens (including phenoxy) is 1. The van der Waals surface area contributed by atoms with E-state index in [2.05, 4.69) is 39.0 Å². The molecule has 1 fully saturated rings. The molecule has 4 aliphatic rings. The number of carbonyl (C=O) groups excluding carboxylic acids is 2. The lowest BCUT2D eigenvalue weighted by Gasteiger charge is -2.56. The Kier molecular flexibility index (Phi) is 5.35. The van der Waals surface area contributed by atoms with Crippen molar-refractivity contribution in [3.05, 3.63) is 21.8 Å². The highest BCUT2D eigenvalue weighted by atomic mass is 16.5. The van der Waals surface area contributed by atoms with Crippen LogP contribution in [0.5, 0.6) is 0 Å². The average Bonchev–Trinajstić information content (AvgIpc) is 3.16. The van der Waals surface area contributed by atoms with Crippen molar-refractivity contribution < 1.29 is 19.5 Å². The lowest BCUT2D eigenvalue weighted by molar-refractivity contribution is -0.136. The molecule has 0 aromatic carbocycles. The van der Waals surface area contributed by atoms with Gasteiger partial charge in [0.2, 0.25) is 5.91 Å². The second kappa shape index (κ2) is 8.06. The van der Waals surface area contributed by atoms with E-state index in [1.54, 1.807) is 6.92 Å².